The summed E-state index contributed by atoms with van der Waals surface area (Å²) in [6.45, 7) is 4.18. The third-order valence-electron chi connectivity index (χ3n) is 5.07. The van der Waals surface area contributed by atoms with E-state index in [2.05, 4.69) is 62.4 Å². The van der Waals surface area contributed by atoms with Gasteiger partial charge in [0.15, 0.2) is 0 Å². The second-order valence-electron chi connectivity index (χ2n) is 6.92. The minimum absolute atomic E-state index is 0.333. The third kappa shape index (κ3) is 3.24. The normalized spacial score (nSPS) is 10.7. The molecule has 0 heterocycles. The van der Waals surface area contributed by atoms with Crippen molar-refractivity contribution in [3.8, 4) is 39.1 Å². The van der Waals surface area contributed by atoms with E-state index in [-0.39, 0.29) is 0 Å². The number of aryl methyl sites for hydroxylation is 2. The Hall–Kier alpha value is -3.32. The maximum Gasteiger partial charge on any atom is 0.131 e. The summed E-state index contributed by atoms with van der Waals surface area (Å²) in [6, 6.07) is 30.9. The number of hydrogen-bond acceptors (Lipinski definition) is 1. The second kappa shape index (κ2) is 7.13. The highest BCUT2D eigenvalue weighted by atomic mass is 16.3. The van der Waals surface area contributed by atoms with Gasteiger partial charge in [-0.25, -0.2) is 0 Å². The molecule has 0 aliphatic carbocycles. The van der Waals surface area contributed by atoms with E-state index in [0.717, 1.165) is 27.8 Å². The number of aromatic hydroxyl groups is 1. The lowest BCUT2D eigenvalue weighted by molar-refractivity contribution is 0.479. The van der Waals surface area contributed by atoms with Gasteiger partial charge in [-0.2, -0.15) is 0 Å². The SMILES string of the molecule is Cc1cccc(C)c1-c1cccc(-c2cccc(-c3ccccc3)c2)c1O. The van der Waals surface area contributed by atoms with Crippen molar-refractivity contribution in [1.29, 1.82) is 0 Å². The molecule has 0 aliphatic heterocycles. The topological polar surface area (TPSA) is 20.2 Å². The van der Waals surface area contributed by atoms with Crippen molar-refractivity contribution in [2.24, 2.45) is 0 Å². The Labute approximate surface area is 160 Å². The lowest BCUT2D eigenvalue weighted by atomic mass is 9.91. The van der Waals surface area contributed by atoms with Gasteiger partial charge in [-0.3, -0.25) is 0 Å². The molecule has 0 radical (unpaired) electrons. The molecule has 0 saturated heterocycles. The molecular formula is C26H22O. The predicted molar refractivity (Wildman–Crippen MR) is 114 cm³/mol. The van der Waals surface area contributed by atoms with Crippen LogP contribution in [0.2, 0.25) is 0 Å². The lowest BCUT2D eigenvalue weighted by Gasteiger charge is -2.15. The molecule has 4 rings (SSSR count). The Balaban J connectivity index is 1.85. The third-order valence-corrected chi connectivity index (χ3v) is 5.07. The Kier molecular flexibility index (Phi) is 4.52. The molecule has 0 aromatic heterocycles. The minimum atomic E-state index is 0.333. The lowest BCUT2D eigenvalue weighted by Crippen LogP contribution is -1.90. The first-order valence-electron chi connectivity index (χ1n) is 9.19. The molecule has 132 valence electrons. The van der Waals surface area contributed by atoms with E-state index in [0.29, 0.717) is 5.75 Å². The van der Waals surface area contributed by atoms with Crippen LogP contribution in [-0.2, 0) is 0 Å². The van der Waals surface area contributed by atoms with Crippen LogP contribution in [0.15, 0.2) is 91.0 Å². The molecule has 0 atom stereocenters. The maximum absolute atomic E-state index is 11.1. The fourth-order valence-electron chi connectivity index (χ4n) is 3.71. The number of rotatable bonds is 3. The molecule has 1 nitrogen and oxygen atoms in total. The van der Waals surface area contributed by atoms with Crippen LogP contribution in [0.4, 0.5) is 0 Å². The van der Waals surface area contributed by atoms with E-state index in [1.807, 2.05) is 42.5 Å². The van der Waals surface area contributed by atoms with E-state index < -0.39 is 0 Å². The fraction of sp³-hybridized carbons (Fsp3) is 0.0769. The summed E-state index contributed by atoms with van der Waals surface area (Å²) in [5, 5.41) is 11.1. The standard InChI is InChI=1S/C26H22O/c1-18-9-6-10-19(2)25(18)24-16-8-15-23(26(24)27)22-14-7-13-21(17-22)20-11-4-3-5-12-20/h3-17,27H,1-2H3. The van der Waals surface area contributed by atoms with Crippen LogP contribution in [0.5, 0.6) is 5.75 Å². The number of para-hydroxylation sites is 1. The molecule has 0 fully saturated rings. The molecule has 0 aliphatic rings. The van der Waals surface area contributed by atoms with E-state index >= 15 is 0 Å². The van der Waals surface area contributed by atoms with E-state index in [1.165, 1.54) is 16.7 Å². The number of phenols is 1. The van der Waals surface area contributed by atoms with Gasteiger partial charge in [0.05, 0.1) is 0 Å². The first-order chi connectivity index (χ1) is 13.1. The average Bonchev–Trinajstić information content (AvgIpc) is 2.70. The largest absolute Gasteiger partial charge is 0.507 e. The molecule has 0 spiro atoms. The van der Waals surface area contributed by atoms with Gasteiger partial charge in [-0.15, -0.1) is 0 Å². The van der Waals surface area contributed by atoms with Crippen molar-refractivity contribution < 1.29 is 5.11 Å². The van der Waals surface area contributed by atoms with E-state index in [1.54, 1.807) is 0 Å². The molecule has 1 heteroatoms. The Morgan fingerprint density at radius 3 is 1.81 bits per heavy atom. The first-order valence-corrected chi connectivity index (χ1v) is 9.19. The van der Waals surface area contributed by atoms with Crippen LogP contribution in [0.3, 0.4) is 0 Å². The highest BCUT2D eigenvalue weighted by Crippen LogP contribution is 2.41. The summed E-state index contributed by atoms with van der Waals surface area (Å²) in [5.74, 6) is 0.333. The first kappa shape index (κ1) is 17.1. The van der Waals surface area contributed by atoms with Gasteiger partial charge in [0, 0.05) is 11.1 Å². The maximum atomic E-state index is 11.1. The van der Waals surface area contributed by atoms with Crippen LogP contribution >= 0.6 is 0 Å². The van der Waals surface area contributed by atoms with Gasteiger partial charge in [0.1, 0.15) is 5.75 Å². The molecule has 4 aromatic rings. The van der Waals surface area contributed by atoms with Gasteiger partial charge in [0.2, 0.25) is 0 Å². The zero-order valence-corrected chi connectivity index (χ0v) is 15.6. The molecule has 0 amide bonds. The van der Waals surface area contributed by atoms with Crippen molar-refractivity contribution in [3.05, 3.63) is 102 Å². The Bertz CT molecular complexity index is 1070. The van der Waals surface area contributed by atoms with Crippen molar-refractivity contribution in [2.45, 2.75) is 13.8 Å². The van der Waals surface area contributed by atoms with E-state index in [4.69, 9.17) is 0 Å². The predicted octanol–water partition coefficient (Wildman–Crippen LogP) is 7.01. The molecule has 0 bridgehead atoms. The molecular weight excluding hydrogens is 328 g/mol. The van der Waals surface area contributed by atoms with Crippen LogP contribution in [0, 0.1) is 13.8 Å². The number of hydrogen-bond donors (Lipinski definition) is 1. The number of phenolic OH excluding ortho intramolecular Hbond substituents is 1. The quantitative estimate of drug-likeness (QED) is 0.421. The van der Waals surface area contributed by atoms with Gasteiger partial charge >= 0.3 is 0 Å². The summed E-state index contributed by atoms with van der Waals surface area (Å²) in [4.78, 5) is 0. The monoisotopic (exact) mass is 350 g/mol. The zero-order chi connectivity index (χ0) is 18.8. The minimum Gasteiger partial charge on any atom is -0.507 e. The summed E-state index contributed by atoms with van der Waals surface area (Å²) < 4.78 is 0. The van der Waals surface area contributed by atoms with Gasteiger partial charge in [-0.05, 0) is 53.3 Å². The van der Waals surface area contributed by atoms with Crippen molar-refractivity contribution in [3.63, 3.8) is 0 Å². The molecule has 1 N–H and O–H groups in total. The van der Waals surface area contributed by atoms with Crippen molar-refractivity contribution >= 4 is 0 Å². The zero-order valence-electron chi connectivity index (χ0n) is 15.6. The van der Waals surface area contributed by atoms with Crippen LogP contribution in [0.25, 0.3) is 33.4 Å². The number of benzene rings is 4. The average molecular weight is 350 g/mol. The Morgan fingerprint density at radius 1 is 0.519 bits per heavy atom. The summed E-state index contributed by atoms with van der Waals surface area (Å²) in [5.41, 5.74) is 8.51. The highest BCUT2D eigenvalue weighted by molar-refractivity contribution is 5.85. The fourth-order valence-corrected chi connectivity index (χ4v) is 3.71. The molecule has 0 saturated carbocycles. The van der Waals surface area contributed by atoms with Gasteiger partial charge in [-0.1, -0.05) is 84.9 Å². The van der Waals surface area contributed by atoms with Crippen LogP contribution < -0.4 is 0 Å². The smallest absolute Gasteiger partial charge is 0.131 e. The summed E-state index contributed by atoms with van der Waals surface area (Å²) >= 11 is 0. The Morgan fingerprint density at radius 2 is 1.07 bits per heavy atom. The second-order valence-corrected chi connectivity index (χ2v) is 6.92. The van der Waals surface area contributed by atoms with Gasteiger partial charge in [0.25, 0.3) is 0 Å². The summed E-state index contributed by atoms with van der Waals surface area (Å²) in [7, 11) is 0. The van der Waals surface area contributed by atoms with Crippen molar-refractivity contribution in [2.75, 3.05) is 0 Å². The molecule has 27 heavy (non-hydrogen) atoms. The van der Waals surface area contributed by atoms with Gasteiger partial charge < -0.3 is 5.11 Å². The highest BCUT2D eigenvalue weighted by Gasteiger charge is 2.14. The molecule has 0 unspecified atom stereocenters. The molecule has 4 aromatic carbocycles. The van der Waals surface area contributed by atoms with E-state index in [9.17, 15) is 5.11 Å². The summed E-state index contributed by atoms with van der Waals surface area (Å²) in [6.07, 6.45) is 0. The van der Waals surface area contributed by atoms with Crippen molar-refractivity contribution in [1.82, 2.24) is 0 Å². The van der Waals surface area contributed by atoms with Crippen LogP contribution in [0.1, 0.15) is 11.1 Å². The van der Waals surface area contributed by atoms with Crippen LogP contribution in [-0.4, -0.2) is 5.11 Å².